The van der Waals surface area contributed by atoms with Gasteiger partial charge in [0.2, 0.25) is 0 Å². The van der Waals surface area contributed by atoms with Crippen LogP contribution in [0.3, 0.4) is 0 Å². The molecule has 2 saturated heterocycles. The molecule has 162 valence electrons. The molecule has 0 aliphatic carbocycles. The van der Waals surface area contributed by atoms with Crippen molar-refractivity contribution in [2.45, 2.75) is 31.7 Å². The Hall–Kier alpha value is -1.73. The van der Waals surface area contributed by atoms with Gasteiger partial charge in [0.1, 0.15) is 11.6 Å². The zero-order valence-electron chi connectivity index (χ0n) is 18.0. The fraction of sp³-hybridized carbons (Fsp3) is 0.682. The molecule has 2 atom stereocenters. The van der Waals surface area contributed by atoms with Crippen molar-refractivity contribution in [3.05, 3.63) is 35.4 Å². The fourth-order valence-electron chi connectivity index (χ4n) is 4.57. The Bertz CT molecular complexity index is 668. The topological polar surface area (TPSA) is 34.1 Å². The summed E-state index contributed by atoms with van der Waals surface area (Å²) in [5, 5.41) is 3.36. The van der Waals surface area contributed by atoms with Crippen LogP contribution in [0.1, 0.15) is 37.3 Å². The molecule has 2 fully saturated rings. The molecule has 2 unspecified atom stereocenters. The van der Waals surface area contributed by atoms with Gasteiger partial charge in [-0.3, -0.25) is 4.99 Å². The minimum Gasteiger partial charge on any atom is -0.354 e. The molecule has 2 heterocycles. The smallest absolute Gasteiger partial charge is 0.193 e. The summed E-state index contributed by atoms with van der Waals surface area (Å²) in [6.07, 6.45) is 5.16. The van der Waals surface area contributed by atoms with Crippen molar-refractivity contribution < 1.29 is 8.78 Å². The van der Waals surface area contributed by atoms with Gasteiger partial charge in [-0.2, -0.15) is 0 Å². The number of hydrogen-bond donors (Lipinski definition) is 1. The molecular formula is C22H35F2N5. The van der Waals surface area contributed by atoms with Gasteiger partial charge in [0, 0.05) is 38.8 Å². The van der Waals surface area contributed by atoms with Gasteiger partial charge in [0.05, 0.1) is 6.04 Å². The van der Waals surface area contributed by atoms with Gasteiger partial charge in [0.15, 0.2) is 5.96 Å². The number of benzene rings is 1. The molecule has 0 radical (unpaired) electrons. The number of aliphatic imine (C=N–C) groups is 1. The van der Waals surface area contributed by atoms with Crippen molar-refractivity contribution in [1.82, 2.24) is 20.0 Å². The van der Waals surface area contributed by atoms with Crippen LogP contribution in [0.5, 0.6) is 0 Å². The minimum atomic E-state index is -0.511. The van der Waals surface area contributed by atoms with Gasteiger partial charge in [-0.05, 0) is 64.5 Å². The van der Waals surface area contributed by atoms with Gasteiger partial charge in [0.25, 0.3) is 0 Å². The monoisotopic (exact) mass is 407 g/mol. The van der Waals surface area contributed by atoms with E-state index in [2.05, 4.69) is 20.1 Å². The SMILES string of the molecule is CN=C(NCC(c1c(F)cccc1F)N(C)C)N1CCC(CN2CCCCC2)C1. The third-order valence-corrected chi connectivity index (χ3v) is 6.17. The quantitative estimate of drug-likeness (QED) is 0.581. The second-order valence-electron chi connectivity index (χ2n) is 8.50. The van der Waals surface area contributed by atoms with Crippen molar-refractivity contribution in [3.63, 3.8) is 0 Å². The molecule has 1 aromatic rings. The molecule has 2 aliphatic rings. The van der Waals surface area contributed by atoms with Gasteiger partial charge in [-0.15, -0.1) is 0 Å². The molecule has 5 nitrogen and oxygen atoms in total. The van der Waals surface area contributed by atoms with Gasteiger partial charge >= 0.3 is 0 Å². The third kappa shape index (κ3) is 5.66. The minimum absolute atomic E-state index is 0.102. The first kappa shape index (κ1) is 22.0. The summed E-state index contributed by atoms with van der Waals surface area (Å²) in [7, 11) is 5.45. The van der Waals surface area contributed by atoms with E-state index in [1.54, 1.807) is 7.05 Å². The molecule has 1 aromatic carbocycles. The van der Waals surface area contributed by atoms with E-state index in [1.165, 1.54) is 50.6 Å². The number of piperidine rings is 1. The second-order valence-corrected chi connectivity index (χ2v) is 8.50. The van der Waals surface area contributed by atoms with Gasteiger partial charge in [-0.25, -0.2) is 8.78 Å². The number of nitrogens with one attached hydrogen (secondary N) is 1. The van der Waals surface area contributed by atoms with E-state index in [0.29, 0.717) is 12.5 Å². The van der Waals surface area contributed by atoms with E-state index >= 15 is 0 Å². The van der Waals surface area contributed by atoms with E-state index in [0.717, 1.165) is 32.0 Å². The largest absolute Gasteiger partial charge is 0.354 e. The normalized spacial score (nSPS) is 22.3. The van der Waals surface area contributed by atoms with Crippen LogP contribution in [0.2, 0.25) is 0 Å². The second kappa shape index (κ2) is 10.3. The first-order chi connectivity index (χ1) is 14.0. The molecule has 3 rings (SSSR count). The van der Waals surface area contributed by atoms with Crippen molar-refractivity contribution in [2.24, 2.45) is 10.9 Å². The van der Waals surface area contributed by atoms with E-state index in [4.69, 9.17) is 0 Å². The highest BCUT2D eigenvalue weighted by molar-refractivity contribution is 5.80. The number of hydrogen-bond acceptors (Lipinski definition) is 3. The highest BCUT2D eigenvalue weighted by Gasteiger charge is 2.28. The van der Waals surface area contributed by atoms with Crippen molar-refractivity contribution in [3.8, 4) is 0 Å². The third-order valence-electron chi connectivity index (χ3n) is 6.17. The van der Waals surface area contributed by atoms with Crippen molar-refractivity contribution in [1.29, 1.82) is 0 Å². The first-order valence-corrected chi connectivity index (χ1v) is 10.8. The number of likely N-dealkylation sites (N-methyl/N-ethyl adjacent to an activating group) is 1. The zero-order valence-corrected chi connectivity index (χ0v) is 18.0. The predicted molar refractivity (Wildman–Crippen MR) is 114 cm³/mol. The average molecular weight is 408 g/mol. The number of guanidine groups is 1. The van der Waals surface area contributed by atoms with E-state index in [-0.39, 0.29) is 5.56 Å². The summed E-state index contributed by atoms with van der Waals surface area (Å²) in [6.45, 7) is 5.96. The zero-order chi connectivity index (χ0) is 20.8. The van der Waals surface area contributed by atoms with Crippen LogP contribution in [-0.4, -0.2) is 81.1 Å². The molecule has 2 aliphatic heterocycles. The Morgan fingerprint density at radius 2 is 1.86 bits per heavy atom. The van der Waals surface area contributed by atoms with Crippen LogP contribution in [0.4, 0.5) is 8.78 Å². The molecule has 29 heavy (non-hydrogen) atoms. The maximum Gasteiger partial charge on any atom is 0.193 e. The summed E-state index contributed by atoms with van der Waals surface area (Å²) in [5.74, 6) is 0.446. The van der Waals surface area contributed by atoms with Crippen LogP contribution in [0.25, 0.3) is 0 Å². The Labute approximate surface area is 173 Å². The van der Waals surface area contributed by atoms with Crippen LogP contribution < -0.4 is 5.32 Å². The predicted octanol–water partition coefficient (Wildman–Crippen LogP) is 2.95. The number of nitrogens with zero attached hydrogens (tertiary/aromatic N) is 4. The Morgan fingerprint density at radius 1 is 1.17 bits per heavy atom. The molecule has 0 saturated carbocycles. The maximum atomic E-state index is 14.3. The standard InChI is InChI=1S/C22H35F2N5/c1-25-22(29-13-10-17(16-29)15-28-11-5-4-6-12-28)26-14-20(27(2)3)21-18(23)8-7-9-19(21)24/h7-9,17,20H,4-6,10-16H2,1-3H3,(H,25,26). The molecule has 0 amide bonds. The van der Waals surface area contributed by atoms with Crippen molar-refractivity contribution in [2.75, 3.05) is 60.4 Å². The van der Waals surface area contributed by atoms with E-state index < -0.39 is 17.7 Å². The van der Waals surface area contributed by atoms with E-state index in [1.807, 2.05) is 19.0 Å². The van der Waals surface area contributed by atoms with Crippen LogP contribution in [-0.2, 0) is 0 Å². The highest BCUT2D eigenvalue weighted by atomic mass is 19.1. The van der Waals surface area contributed by atoms with Crippen molar-refractivity contribution >= 4 is 5.96 Å². The number of halogens is 2. The van der Waals surface area contributed by atoms with Gasteiger partial charge < -0.3 is 20.0 Å². The van der Waals surface area contributed by atoms with Crippen LogP contribution in [0.15, 0.2) is 23.2 Å². The number of rotatable bonds is 6. The van der Waals surface area contributed by atoms with Gasteiger partial charge in [-0.1, -0.05) is 12.5 Å². The van der Waals surface area contributed by atoms with E-state index in [9.17, 15) is 8.78 Å². The average Bonchev–Trinajstić information content (AvgIpc) is 3.15. The Morgan fingerprint density at radius 3 is 2.48 bits per heavy atom. The number of likely N-dealkylation sites (tertiary alicyclic amines) is 2. The lowest BCUT2D eigenvalue weighted by Gasteiger charge is -2.30. The lowest BCUT2D eigenvalue weighted by atomic mass is 10.0. The summed E-state index contributed by atoms with van der Waals surface area (Å²) in [6, 6.07) is 3.62. The fourth-order valence-corrected chi connectivity index (χ4v) is 4.57. The van der Waals surface area contributed by atoms with Crippen LogP contribution in [0, 0.1) is 17.6 Å². The lowest BCUT2D eigenvalue weighted by molar-refractivity contribution is 0.198. The molecule has 1 N–H and O–H groups in total. The lowest BCUT2D eigenvalue weighted by Crippen LogP contribution is -2.44. The maximum absolute atomic E-state index is 14.3. The molecule has 0 aromatic heterocycles. The summed E-state index contributed by atoms with van der Waals surface area (Å²) < 4.78 is 28.6. The molecular weight excluding hydrogens is 372 g/mol. The Kier molecular flexibility index (Phi) is 7.84. The van der Waals surface area contributed by atoms with Crippen LogP contribution >= 0.6 is 0 Å². The summed E-state index contributed by atoms with van der Waals surface area (Å²) in [5.41, 5.74) is 0.102. The molecule has 7 heteroatoms. The first-order valence-electron chi connectivity index (χ1n) is 10.8. The summed E-state index contributed by atoms with van der Waals surface area (Å²) in [4.78, 5) is 11.1. The molecule has 0 bridgehead atoms. The summed E-state index contributed by atoms with van der Waals surface area (Å²) >= 11 is 0. The Balaban J connectivity index is 1.58. The molecule has 0 spiro atoms. The highest BCUT2D eigenvalue weighted by Crippen LogP contribution is 2.24.